The first-order chi connectivity index (χ1) is 11.6. The summed E-state index contributed by atoms with van der Waals surface area (Å²) in [7, 11) is 1.63. The highest BCUT2D eigenvalue weighted by molar-refractivity contribution is 7.99. The Morgan fingerprint density at radius 2 is 2.04 bits per heavy atom. The van der Waals surface area contributed by atoms with E-state index in [1.165, 1.54) is 12.3 Å². The van der Waals surface area contributed by atoms with Gasteiger partial charge in [-0.3, -0.25) is 9.78 Å². The molecule has 1 aromatic heterocycles. The lowest BCUT2D eigenvalue weighted by atomic mass is 10.2. The van der Waals surface area contributed by atoms with Gasteiger partial charge >= 0.3 is 5.97 Å². The van der Waals surface area contributed by atoms with Gasteiger partial charge in [-0.25, -0.2) is 4.39 Å². The molecule has 2 rings (SSSR count). The van der Waals surface area contributed by atoms with Gasteiger partial charge in [0.15, 0.2) is 0 Å². The Kier molecular flexibility index (Phi) is 7.06. The van der Waals surface area contributed by atoms with Gasteiger partial charge in [-0.05, 0) is 49.4 Å². The molecule has 0 aliphatic rings. The number of ether oxygens (including phenoxy) is 2. The summed E-state index contributed by atoms with van der Waals surface area (Å²) in [5.74, 6) is 0.911. The van der Waals surface area contributed by atoms with Gasteiger partial charge in [0.25, 0.3) is 0 Å². The monoisotopic (exact) mass is 349 g/mol. The molecule has 0 bridgehead atoms. The average Bonchev–Trinajstić information content (AvgIpc) is 2.59. The first-order valence-electron chi connectivity index (χ1n) is 7.65. The average molecular weight is 349 g/mol. The van der Waals surface area contributed by atoms with Crippen molar-refractivity contribution in [2.24, 2.45) is 0 Å². The first-order valence-corrected chi connectivity index (χ1v) is 8.64. The summed E-state index contributed by atoms with van der Waals surface area (Å²) in [5.41, 5.74) is 0.552. The van der Waals surface area contributed by atoms with Crippen LogP contribution in [-0.4, -0.2) is 23.8 Å². The standard InChI is InChI=1S/C18H20FNO3S/c1-13(14-10-15(19)12-20-11-14)23-18(21)4-3-9-24-17-7-5-16(22-2)6-8-17/h5-8,10-13H,3-4,9H2,1-2H3. The predicted octanol–water partition coefficient (Wildman–Crippen LogP) is 4.41. The molecule has 0 aliphatic heterocycles. The Morgan fingerprint density at radius 1 is 1.29 bits per heavy atom. The second-order valence-electron chi connectivity index (χ2n) is 5.20. The molecular formula is C18H20FNO3S. The van der Waals surface area contributed by atoms with Crippen LogP contribution in [-0.2, 0) is 9.53 Å². The molecule has 1 unspecified atom stereocenters. The highest BCUT2D eigenvalue weighted by atomic mass is 32.2. The zero-order valence-electron chi connectivity index (χ0n) is 13.7. The molecule has 4 nitrogen and oxygen atoms in total. The molecule has 128 valence electrons. The molecule has 0 fully saturated rings. The van der Waals surface area contributed by atoms with E-state index in [9.17, 15) is 9.18 Å². The van der Waals surface area contributed by atoms with E-state index < -0.39 is 11.9 Å². The van der Waals surface area contributed by atoms with E-state index >= 15 is 0 Å². The summed E-state index contributed by atoms with van der Waals surface area (Å²) in [6.07, 6.45) is 3.16. The zero-order chi connectivity index (χ0) is 17.4. The van der Waals surface area contributed by atoms with Gasteiger partial charge in [-0.1, -0.05) is 0 Å². The third-order valence-electron chi connectivity index (χ3n) is 3.36. The lowest BCUT2D eigenvalue weighted by molar-refractivity contribution is -0.148. The van der Waals surface area contributed by atoms with Crippen LogP contribution in [0.5, 0.6) is 5.75 Å². The van der Waals surface area contributed by atoms with E-state index in [1.54, 1.807) is 25.8 Å². The van der Waals surface area contributed by atoms with Gasteiger partial charge < -0.3 is 9.47 Å². The van der Waals surface area contributed by atoms with Crippen molar-refractivity contribution < 1.29 is 18.7 Å². The maximum absolute atomic E-state index is 13.1. The molecule has 0 spiro atoms. The van der Waals surface area contributed by atoms with Crippen LogP contribution < -0.4 is 4.74 Å². The van der Waals surface area contributed by atoms with E-state index in [1.807, 2.05) is 24.3 Å². The summed E-state index contributed by atoms with van der Waals surface area (Å²) in [6, 6.07) is 9.11. The minimum atomic E-state index is -0.505. The van der Waals surface area contributed by atoms with E-state index in [4.69, 9.17) is 9.47 Å². The fraction of sp³-hybridized carbons (Fsp3) is 0.333. The number of aromatic nitrogens is 1. The Hall–Kier alpha value is -2.08. The van der Waals surface area contributed by atoms with Crippen molar-refractivity contribution in [1.29, 1.82) is 0 Å². The Bertz CT molecular complexity index is 664. The second-order valence-corrected chi connectivity index (χ2v) is 6.36. The predicted molar refractivity (Wildman–Crippen MR) is 91.7 cm³/mol. The van der Waals surface area contributed by atoms with Gasteiger partial charge in [0.2, 0.25) is 0 Å². The summed E-state index contributed by atoms with van der Waals surface area (Å²) in [5, 5.41) is 0. The van der Waals surface area contributed by atoms with Crippen LogP contribution in [0, 0.1) is 5.82 Å². The van der Waals surface area contributed by atoms with Gasteiger partial charge in [-0.2, -0.15) is 0 Å². The van der Waals surface area contributed by atoms with E-state index in [-0.39, 0.29) is 5.97 Å². The van der Waals surface area contributed by atoms with Crippen molar-refractivity contribution in [3.63, 3.8) is 0 Å². The molecule has 24 heavy (non-hydrogen) atoms. The molecule has 2 aromatic rings. The van der Waals surface area contributed by atoms with Crippen LogP contribution in [0.4, 0.5) is 4.39 Å². The molecule has 0 amide bonds. The number of benzene rings is 1. The van der Waals surface area contributed by atoms with Crippen molar-refractivity contribution >= 4 is 17.7 Å². The number of rotatable bonds is 8. The fourth-order valence-corrected chi connectivity index (χ4v) is 2.91. The largest absolute Gasteiger partial charge is 0.497 e. The Labute approximate surface area is 145 Å². The summed E-state index contributed by atoms with van der Waals surface area (Å²) < 4.78 is 23.5. The summed E-state index contributed by atoms with van der Waals surface area (Å²) in [4.78, 5) is 16.7. The molecule has 1 heterocycles. The molecule has 0 saturated heterocycles. The SMILES string of the molecule is COc1ccc(SCCCC(=O)OC(C)c2cncc(F)c2)cc1. The van der Waals surface area contributed by atoms with E-state index in [0.717, 1.165) is 22.6 Å². The number of carbonyl (C=O) groups is 1. The van der Waals surface area contributed by atoms with Gasteiger partial charge in [-0.15, -0.1) is 11.8 Å². The Balaban J connectivity index is 1.69. The smallest absolute Gasteiger partial charge is 0.306 e. The Morgan fingerprint density at radius 3 is 2.71 bits per heavy atom. The van der Waals surface area contributed by atoms with E-state index in [0.29, 0.717) is 18.4 Å². The molecule has 6 heteroatoms. The van der Waals surface area contributed by atoms with Crippen LogP contribution in [0.25, 0.3) is 0 Å². The fourth-order valence-electron chi connectivity index (χ4n) is 2.05. The molecule has 0 radical (unpaired) electrons. The second kappa shape index (κ2) is 9.27. The maximum atomic E-state index is 13.1. The number of carbonyl (C=O) groups excluding carboxylic acids is 1. The van der Waals surface area contributed by atoms with Crippen LogP contribution in [0.1, 0.15) is 31.4 Å². The molecular weight excluding hydrogens is 329 g/mol. The maximum Gasteiger partial charge on any atom is 0.306 e. The van der Waals surface area contributed by atoms with Crippen LogP contribution >= 0.6 is 11.8 Å². The number of hydrogen-bond donors (Lipinski definition) is 0. The van der Waals surface area contributed by atoms with Gasteiger partial charge in [0.1, 0.15) is 17.7 Å². The number of hydrogen-bond acceptors (Lipinski definition) is 5. The summed E-state index contributed by atoms with van der Waals surface area (Å²) >= 11 is 1.68. The summed E-state index contributed by atoms with van der Waals surface area (Å²) in [6.45, 7) is 1.71. The third-order valence-corrected chi connectivity index (χ3v) is 4.46. The number of pyridine rings is 1. The lowest BCUT2D eigenvalue weighted by Crippen LogP contribution is -2.09. The molecule has 0 N–H and O–H groups in total. The highest BCUT2D eigenvalue weighted by Gasteiger charge is 2.12. The van der Waals surface area contributed by atoms with Gasteiger partial charge in [0, 0.05) is 23.1 Å². The minimum Gasteiger partial charge on any atom is -0.497 e. The van der Waals surface area contributed by atoms with Crippen molar-refractivity contribution in [2.45, 2.75) is 30.8 Å². The van der Waals surface area contributed by atoms with Crippen molar-refractivity contribution in [1.82, 2.24) is 4.98 Å². The lowest BCUT2D eigenvalue weighted by Gasteiger charge is -2.13. The molecule has 1 atom stereocenters. The number of nitrogens with zero attached hydrogens (tertiary/aromatic N) is 1. The number of esters is 1. The molecule has 0 saturated carbocycles. The number of halogens is 1. The third kappa shape index (κ3) is 5.85. The van der Waals surface area contributed by atoms with Crippen LogP contribution in [0.15, 0.2) is 47.6 Å². The van der Waals surface area contributed by atoms with E-state index in [2.05, 4.69) is 4.98 Å². The zero-order valence-corrected chi connectivity index (χ0v) is 14.5. The normalized spacial score (nSPS) is 11.8. The minimum absolute atomic E-state index is 0.290. The molecule has 1 aromatic carbocycles. The van der Waals surface area contributed by atoms with Crippen LogP contribution in [0.3, 0.4) is 0 Å². The van der Waals surface area contributed by atoms with Crippen molar-refractivity contribution in [3.05, 3.63) is 54.1 Å². The topological polar surface area (TPSA) is 48.4 Å². The number of methoxy groups -OCH3 is 1. The van der Waals surface area contributed by atoms with Crippen LogP contribution in [0.2, 0.25) is 0 Å². The van der Waals surface area contributed by atoms with Gasteiger partial charge in [0.05, 0.1) is 13.3 Å². The van der Waals surface area contributed by atoms with Crippen molar-refractivity contribution in [2.75, 3.05) is 12.9 Å². The van der Waals surface area contributed by atoms with Crippen molar-refractivity contribution in [3.8, 4) is 5.75 Å². The number of thioether (sulfide) groups is 1. The quantitative estimate of drug-likeness (QED) is 0.401. The molecule has 0 aliphatic carbocycles. The first kappa shape index (κ1) is 18.3. The highest BCUT2D eigenvalue weighted by Crippen LogP contribution is 2.23.